The van der Waals surface area contributed by atoms with Crippen LogP contribution in [0, 0.1) is 5.82 Å². The number of hydrogen-bond donors (Lipinski definition) is 0. The lowest BCUT2D eigenvalue weighted by Gasteiger charge is -2.08. The number of halogens is 1. The van der Waals surface area contributed by atoms with E-state index in [1.165, 1.54) is 34.5 Å². The third kappa shape index (κ3) is 4.61. The molecule has 0 N–H and O–H groups in total. The van der Waals surface area contributed by atoms with Gasteiger partial charge in [-0.05, 0) is 46.8 Å². The number of carbonyl (C=O) groups is 1. The molecule has 4 rings (SSSR count). The second-order valence-electron chi connectivity index (χ2n) is 5.82. The van der Waals surface area contributed by atoms with Crippen LogP contribution >= 0.6 is 11.3 Å². The van der Waals surface area contributed by atoms with Gasteiger partial charge in [0.05, 0.1) is 16.9 Å². The molecule has 2 heterocycles. The van der Waals surface area contributed by atoms with Crippen LogP contribution in [-0.2, 0) is 18.0 Å². The molecule has 0 aliphatic heterocycles. The van der Waals surface area contributed by atoms with Crippen LogP contribution < -0.4 is 4.74 Å². The number of tetrazole rings is 1. The maximum atomic E-state index is 12.9. The third-order valence-electron chi connectivity index (χ3n) is 3.85. The maximum Gasteiger partial charge on any atom is 0.340 e. The Balaban J connectivity index is 1.35. The molecule has 0 aliphatic rings. The Hall–Kier alpha value is -3.66. The molecule has 146 valence electrons. The van der Waals surface area contributed by atoms with Crippen molar-refractivity contribution in [3.8, 4) is 11.4 Å². The molecule has 2 aromatic heterocycles. The van der Waals surface area contributed by atoms with E-state index in [2.05, 4.69) is 20.5 Å². The summed E-state index contributed by atoms with van der Waals surface area (Å²) in [5.74, 6) is -0.278. The summed E-state index contributed by atoms with van der Waals surface area (Å²) in [7, 11) is 0. The fourth-order valence-corrected chi connectivity index (χ4v) is 3.18. The Morgan fingerprint density at radius 3 is 2.72 bits per heavy atom. The minimum absolute atomic E-state index is 0.0236. The monoisotopic (exact) mass is 411 g/mol. The zero-order chi connectivity index (χ0) is 20.1. The highest BCUT2D eigenvalue weighted by atomic mass is 32.1. The Morgan fingerprint density at radius 2 is 1.93 bits per heavy atom. The van der Waals surface area contributed by atoms with Gasteiger partial charge in [0, 0.05) is 5.38 Å². The van der Waals surface area contributed by atoms with E-state index in [4.69, 9.17) is 9.47 Å². The van der Waals surface area contributed by atoms with E-state index in [9.17, 15) is 9.18 Å². The molecule has 0 fully saturated rings. The quantitative estimate of drug-likeness (QED) is 0.431. The van der Waals surface area contributed by atoms with Crippen molar-refractivity contribution in [3.63, 3.8) is 0 Å². The van der Waals surface area contributed by atoms with E-state index in [-0.39, 0.29) is 19.0 Å². The smallest absolute Gasteiger partial charge is 0.340 e. The minimum Gasteiger partial charge on any atom is -0.486 e. The van der Waals surface area contributed by atoms with Crippen molar-refractivity contribution < 1.29 is 18.7 Å². The number of hydrogen-bond acceptors (Lipinski definition) is 8. The van der Waals surface area contributed by atoms with Crippen LogP contribution in [0.15, 0.2) is 60.2 Å². The number of para-hydroxylation sites is 1. The molecular weight excluding hydrogens is 397 g/mol. The molecule has 8 nitrogen and oxygen atoms in total. The molecule has 0 bridgehead atoms. The van der Waals surface area contributed by atoms with Crippen LogP contribution in [0.25, 0.3) is 5.69 Å². The van der Waals surface area contributed by atoms with Gasteiger partial charge in [0.1, 0.15) is 36.1 Å². The largest absolute Gasteiger partial charge is 0.486 e. The second kappa shape index (κ2) is 8.57. The van der Waals surface area contributed by atoms with Crippen LogP contribution in [0.4, 0.5) is 4.39 Å². The average molecular weight is 411 g/mol. The molecule has 10 heteroatoms. The molecule has 0 saturated heterocycles. The van der Waals surface area contributed by atoms with Gasteiger partial charge in [0.25, 0.3) is 0 Å². The Kier molecular flexibility index (Phi) is 5.52. The highest BCUT2D eigenvalue weighted by Gasteiger charge is 2.15. The molecular formula is C19H14FN5O3S. The maximum absolute atomic E-state index is 12.9. The number of nitrogens with zero attached hydrogens (tertiary/aromatic N) is 5. The first kappa shape index (κ1) is 18.7. The van der Waals surface area contributed by atoms with Crippen LogP contribution in [0.3, 0.4) is 0 Å². The van der Waals surface area contributed by atoms with Crippen LogP contribution in [0.2, 0.25) is 0 Å². The fourth-order valence-electron chi connectivity index (χ4n) is 2.49. The van der Waals surface area contributed by atoms with Crippen molar-refractivity contribution >= 4 is 17.3 Å². The first-order chi connectivity index (χ1) is 14.2. The van der Waals surface area contributed by atoms with Gasteiger partial charge in [-0.3, -0.25) is 0 Å². The van der Waals surface area contributed by atoms with Gasteiger partial charge in [-0.25, -0.2) is 14.2 Å². The summed E-state index contributed by atoms with van der Waals surface area (Å²) in [4.78, 5) is 16.9. The average Bonchev–Trinajstić information content (AvgIpc) is 3.44. The highest BCUT2D eigenvalue weighted by molar-refractivity contribution is 7.09. The summed E-state index contributed by atoms with van der Waals surface area (Å²) in [6.45, 7) is 0.266. The summed E-state index contributed by atoms with van der Waals surface area (Å²) in [6, 6.07) is 12.6. The topological polar surface area (TPSA) is 92.0 Å². The molecule has 0 atom stereocenters. The van der Waals surface area contributed by atoms with Crippen LogP contribution in [0.1, 0.15) is 21.1 Å². The van der Waals surface area contributed by atoms with Gasteiger partial charge in [0.15, 0.2) is 0 Å². The van der Waals surface area contributed by atoms with Crippen molar-refractivity contribution in [2.75, 3.05) is 0 Å². The van der Waals surface area contributed by atoms with Gasteiger partial charge in [-0.1, -0.05) is 12.1 Å². The summed E-state index contributed by atoms with van der Waals surface area (Å²) in [5, 5.41) is 13.5. The van der Waals surface area contributed by atoms with Gasteiger partial charge in [0.2, 0.25) is 0 Å². The summed E-state index contributed by atoms with van der Waals surface area (Å²) < 4.78 is 25.3. The van der Waals surface area contributed by atoms with Crippen molar-refractivity contribution in [2.45, 2.75) is 13.2 Å². The van der Waals surface area contributed by atoms with Gasteiger partial charge in [-0.15, -0.1) is 16.4 Å². The lowest BCUT2D eigenvalue weighted by atomic mass is 10.2. The minimum atomic E-state index is -0.506. The molecule has 0 spiro atoms. The Labute approximate surface area is 168 Å². The number of thiazole rings is 1. The number of ether oxygens (including phenoxy) is 2. The number of esters is 1. The zero-order valence-corrected chi connectivity index (χ0v) is 15.8. The molecule has 4 aromatic rings. The van der Waals surface area contributed by atoms with Crippen LogP contribution in [0.5, 0.6) is 5.75 Å². The number of rotatable bonds is 7. The highest BCUT2D eigenvalue weighted by Crippen LogP contribution is 2.18. The van der Waals surface area contributed by atoms with Gasteiger partial charge >= 0.3 is 5.97 Å². The SMILES string of the molecule is O=C(OCc1csc(COc2ccc(F)cc2)n1)c1ccccc1-n1cnnn1. The molecule has 0 aliphatic carbocycles. The van der Waals surface area contributed by atoms with Crippen molar-refractivity contribution in [1.82, 2.24) is 25.2 Å². The lowest BCUT2D eigenvalue weighted by molar-refractivity contribution is 0.0468. The normalized spacial score (nSPS) is 10.7. The molecule has 0 radical (unpaired) electrons. The zero-order valence-electron chi connectivity index (χ0n) is 14.9. The molecule has 2 aromatic carbocycles. The van der Waals surface area contributed by atoms with Crippen LogP contribution in [-0.4, -0.2) is 31.2 Å². The number of benzene rings is 2. The second-order valence-corrected chi connectivity index (χ2v) is 6.77. The lowest BCUT2D eigenvalue weighted by Crippen LogP contribution is -2.10. The van der Waals surface area contributed by atoms with Crippen molar-refractivity contribution in [2.24, 2.45) is 0 Å². The van der Waals surface area contributed by atoms with Gasteiger partial charge < -0.3 is 9.47 Å². The van der Waals surface area contributed by atoms with E-state index in [0.29, 0.717) is 22.7 Å². The molecule has 0 saturated carbocycles. The number of carbonyl (C=O) groups excluding carboxylic acids is 1. The fraction of sp³-hybridized carbons (Fsp3) is 0.105. The Morgan fingerprint density at radius 1 is 1.10 bits per heavy atom. The third-order valence-corrected chi connectivity index (χ3v) is 4.72. The molecule has 29 heavy (non-hydrogen) atoms. The van der Waals surface area contributed by atoms with E-state index < -0.39 is 5.97 Å². The summed E-state index contributed by atoms with van der Waals surface area (Å²) >= 11 is 1.39. The van der Waals surface area contributed by atoms with Crippen molar-refractivity contribution in [3.05, 3.63) is 82.3 Å². The van der Waals surface area contributed by atoms with Crippen molar-refractivity contribution in [1.29, 1.82) is 0 Å². The summed E-state index contributed by atoms with van der Waals surface area (Å²) in [5.41, 5.74) is 1.48. The predicted molar refractivity (Wildman–Crippen MR) is 101 cm³/mol. The first-order valence-corrected chi connectivity index (χ1v) is 9.38. The van der Waals surface area contributed by atoms with E-state index in [0.717, 1.165) is 5.01 Å². The van der Waals surface area contributed by atoms with E-state index in [1.807, 2.05) is 0 Å². The first-order valence-electron chi connectivity index (χ1n) is 8.50. The van der Waals surface area contributed by atoms with Gasteiger partial charge in [-0.2, -0.15) is 4.68 Å². The number of aromatic nitrogens is 5. The Bertz CT molecular complexity index is 1100. The van der Waals surface area contributed by atoms with E-state index in [1.54, 1.807) is 41.8 Å². The predicted octanol–water partition coefficient (Wildman–Crippen LogP) is 3.19. The molecule has 0 amide bonds. The standard InChI is InChI=1S/C19H14FN5O3S/c20-13-5-7-15(8-6-13)27-10-18-22-14(11-29-18)9-28-19(26)16-3-1-2-4-17(16)25-12-21-23-24-25/h1-8,11-12H,9-10H2. The van der Waals surface area contributed by atoms with E-state index >= 15 is 0 Å². The summed E-state index contributed by atoms with van der Waals surface area (Å²) in [6.07, 6.45) is 1.40. The molecule has 0 unspecified atom stereocenters.